The van der Waals surface area contributed by atoms with Crippen LogP contribution in [0.1, 0.15) is 34.1 Å². The second kappa shape index (κ2) is 2.92. The summed E-state index contributed by atoms with van der Waals surface area (Å²) in [5.74, 6) is -0.647. The molecule has 4 heteroatoms. The minimum Gasteiger partial charge on any atom is -0.387 e. The molecule has 2 rings (SSSR count). The zero-order valence-corrected chi connectivity index (χ0v) is 9.11. The van der Waals surface area contributed by atoms with Crippen molar-refractivity contribution < 1.29 is 19.3 Å². The second-order valence-electron chi connectivity index (χ2n) is 4.70. The molecule has 0 aromatic rings. The monoisotopic (exact) mass is 202 g/mol. The first-order valence-corrected chi connectivity index (χ1v) is 5.09. The molecule has 0 aromatic carbocycles. The summed E-state index contributed by atoms with van der Waals surface area (Å²) in [4.78, 5) is 0. The van der Waals surface area contributed by atoms with Crippen molar-refractivity contribution in [2.24, 2.45) is 0 Å². The van der Waals surface area contributed by atoms with Crippen LogP contribution in [-0.4, -0.2) is 35.0 Å². The fraction of sp³-hybridized carbons (Fsp3) is 1.00. The van der Waals surface area contributed by atoms with Crippen LogP contribution in [0, 0.1) is 0 Å². The highest BCUT2D eigenvalue weighted by Crippen LogP contribution is 2.43. The lowest BCUT2D eigenvalue weighted by atomic mass is 9.95. The second-order valence-corrected chi connectivity index (χ2v) is 4.70. The SMILES string of the molecule is CC[C@@]1(C)O[C@@H]2OC(C)(C)O[C@@H]2[C@@H]1O. The molecular formula is C10H18O4. The van der Waals surface area contributed by atoms with Crippen molar-refractivity contribution in [1.29, 1.82) is 0 Å². The molecule has 0 saturated carbocycles. The predicted octanol–water partition coefficient (Wildman–Crippen LogP) is 1.02. The molecule has 2 saturated heterocycles. The number of ether oxygens (including phenoxy) is 3. The summed E-state index contributed by atoms with van der Waals surface area (Å²) in [5, 5.41) is 10.0. The Bertz CT molecular complexity index is 240. The first-order chi connectivity index (χ1) is 6.38. The van der Waals surface area contributed by atoms with Gasteiger partial charge in [0.25, 0.3) is 0 Å². The standard InChI is InChI=1S/C10H18O4/c1-5-10(4)7(11)6-8(14-10)13-9(2,3)12-6/h6-8,11H,5H2,1-4H3/t6-,7+,8+,10-/m1/s1. The van der Waals surface area contributed by atoms with E-state index in [4.69, 9.17) is 14.2 Å². The normalized spacial score (nSPS) is 50.8. The molecule has 2 aliphatic heterocycles. The van der Waals surface area contributed by atoms with Crippen LogP contribution in [0.2, 0.25) is 0 Å². The van der Waals surface area contributed by atoms with E-state index >= 15 is 0 Å². The number of hydrogen-bond acceptors (Lipinski definition) is 4. The average Bonchev–Trinajstić information content (AvgIpc) is 2.48. The van der Waals surface area contributed by atoms with Crippen LogP contribution in [0.4, 0.5) is 0 Å². The van der Waals surface area contributed by atoms with E-state index < -0.39 is 23.8 Å². The minimum atomic E-state index is -0.647. The van der Waals surface area contributed by atoms with E-state index in [-0.39, 0.29) is 6.10 Å². The molecule has 0 aromatic heterocycles. The summed E-state index contributed by atoms with van der Waals surface area (Å²) >= 11 is 0. The number of hydrogen-bond donors (Lipinski definition) is 1. The Hall–Kier alpha value is -0.160. The molecule has 2 fully saturated rings. The highest BCUT2D eigenvalue weighted by atomic mass is 16.8. The lowest BCUT2D eigenvalue weighted by Crippen LogP contribution is -2.42. The van der Waals surface area contributed by atoms with Gasteiger partial charge in [0.05, 0.1) is 5.60 Å². The van der Waals surface area contributed by atoms with Gasteiger partial charge in [0.2, 0.25) is 0 Å². The van der Waals surface area contributed by atoms with Gasteiger partial charge in [-0.3, -0.25) is 0 Å². The Labute approximate surface area is 84.1 Å². The maximum Gasteiger partial charge on any atom is 0.190 e. The van der Waals surface area contributed by atoms with Gasteiger partial charge < -0.3 is 19.3 Å². The number of aliphatic hydroxyl groups is 1. The molecule has 4 atom stereocenters. The predicted molar refractivity (Wildman–Crippen MR) is 49.6 cm³/mol. The van der Waals surface area contributed by atoms with Crippen molar-refractivity contribution in [2.75, 3.05) is 0 Å². The zero-order chi connectivity index (χ0) is 10.6. The van der Waals surface area contributed by atoms with Crippen LogP contribution in [-0.2, 0) is 14.2 Å². The molecule has 1 N–H and O–H groups in total. The van der Waals surface area contributed by atoms with E-state index in [1.54, 1.807) is 0 Å². The third-order valence-corrected chi connectivity index (χ3v) is 3.11. The van der Waals surface area contributed by atoms with E-state index in [2.05, 4.69) is 0 Å². The molecule has 4 nitrogen and oxygen atoms in total. The largest absolute Gasteiger partial charge is 0.387 e. The Morgan fingerprint density at radius 1 is 1.14 bits per heavy atom. The van der Waals surface area contributed by atoms with Crippen LogP contribution in [0.5, 0.6) is 0 Å². The summed E-state index contributed by atoms with van der Waals surface area (Å²) in [6.07, 6.45) is -0.645. The number of fused-ring (bicyclic) bond motifs is 1. The minimum absolute atomic E-state index is 0.352. The van der Waals surface area contributed by atoms with Crippen molar-refractivity contribution in [3.63, 3.8) is 0 Å². The Morgan fingerprint density at radius 2 is 1.79 bits per heavy atom. The lowest BCUT2D eigenvalue weighted by Gasteiger charge is -2.29. The molecule has 82 valence electrons. The average molecular weight is 202 g/mol. The van der Waals surface area contributed by atoms with Gasteiger partial charge in [-0.1, -0.05) is 6.92 Å². The number of aliphatic hydroxyl groups excluding tert-OH is 1. The Morgan fingerprint density at radius 3 is 2.29 bits per heavy atom. The van der Waals surface area contributed by atoms with Gasteiger partial charge in [0.1, 0.15) is 12.2 Å². The molecule has 0 radical (unpaired) electrons. The fourth-order valence-corrected chi connectivity index (χ4v) is 2.04. The molecule has 2 aliphatic rings. The van der Waals surface area contributed by atoms with Gasteiger partial charge in [0, 0.05) is 0 Å². The van der Waals surface area contributed by atoms with Crippen LogP contribution < -0.4 is 0 Å². The van der Waals surface area contributed by atoms with Crippen LogP contribution >= 0.6 is 0 Å². The van der Waals surface area contributed by atoms with E-state index in [1.165, 1.54) is 0 Å². The molecule has 0 unspecified atom stereocenters. The van der Waals surface area contributed by atoms with Crippen molar-refractivity contribution in [1.82, 2.24) is 0 Å². The van der Waals surface area contributed by atoms with Gasteiger partial charge in [-0.05, 0) is 27.2 Å². The van der Waals surface area contributed by atoms with E-state index in [0.29, 0.717) is 0 Å². The van der Waals surface area contributed by atoms with Gasteiger partial charge in [-0.25, -0.2) is 0 Å². The maximum absolute atomic E-state index is 10.0. The van der Waals surface area contributed by atoms with E-state index in [1.807, 2.05) is 27.7 Å². The quantitative estimate of drug-likeness (QED) is 0.689. The first-order valence-electron chi connectivity index (χ1n) is 5.09. The Balaban J connectivity index is 2.15. The summed E-state index contributed by atoms with van der Waals surface area (Å²) in [5.41, 5.74) is -0.536. The van der Waals surface area contributed by atoms with Crippen molar-refractivity contribution >= 4 is 0 Å². The highest BCUT2D eigenvalue weighted by molar-refractivity contribution is 4.99. The highest BCUT2D eigenvalue weighted by Gasteiger charge is 2.58. The summed E-state index contributed by atoms with van der Waals surface area (Å²) in [7, 11) is 0. The molecule has 14 heavy (non-hydrogen) atoms. The number of rotatable bonds is 1. The van der Waals surface area contributed by atoms with Crippen LogP contribution in [0.15, 0.2) is 0 Å². The third kappa shape index (κ3) is 1.37. The van der Waals surface area contributed by atoms with Crippen molar-refractivity contribution in [3.05, 3.63) is 0 Å². The van der Waals surface area contributed by atoms with Gasteiger partial charge in [-0.15, -0.1) is 0 Å². The van der Waals surface area contributed by atoms with Crippen LogP contribution in [0.25, 0.3) is 0 Å². The van der Waals surface area contributed by atoms with Gasteiger partial charge in [0.15, 0.2) is 12.1 Å². The van der Waals surface area contributed by atoms with Gasteiger partial charge >= 0.3 is 0 Å². The van der Waals surface area contributed by atoms with Crippen molar-refractivity contribution in [3.8, 4) is 0 Å². The van der Waals surface area contributed by atoms with Crippen molar-refractivity contribution in [2.45, 2.75) is 64.0 Å². The smallest absolute Gasteiger partial charge is 0.190 e. The maximum atomic E-state index is 10.0. The molecule has 0 bridgehead atoms. The molecule has 2 heterocycles. The summed E-state index contributed by atoms with van der Waals surface area (Å²) in [6, 6.07) is 0. The first kappa shape index (κ1) is 10.4. The van der Waals surface area contributed by atoms with E-state index in [0.717, 1.165) is 6.42 Å². The third-order valence-electron chi connectivity index (χ3n) is 3.11. The van der Waals surface area contributed by atoms with Crippen LogP contribution in [0.3, 0.4) is 0 Å². The molecule has 0 aliphatic carbocycles. The molecule has 0 amide bonds. The fourth-order valence-electron chi connectivity index (χ4n) is 2.04. The summed E-state index contributed by atoms with van der Waals surface area (Å²) < 4.78 is 16.8. The zero-order valence-electron chi connectivity index (χ0n) is 9.11. The molecular weight excluding hydrogens is 184 g/mol. The lowest BCUT2D eigenvalue weighted by molar-refractivity contribution is -0.236. The summed E-state index contributed by atoms with van der Waals surface area (Å²) in [6.45, 7) is 7.51. The Kier molecular flexibility index (Phi) is 2.16. The topological polar surface area (TPSA) is 47.9 Å². The van der Waals surface area contributed by atoms with E-state index in [9.17, 15) is 5.11 Å². The molecule has 0 spiro atoms. The van der Waals surface area contributed by atoms with Gasteiger partial charge in [-0.2, -0.15) is 0 Å².